The highest BCUT2D eigenvalue weighted by molar-refractivity contribution is 9.10. The van der Waals surface area contributed by atoms with Crippen LogP contribution >= 0.6 is 15.9 Å². The Hall–Kier alpha value is -0.420. The van der Waals surface area contributed by atoms with E-state index in [0.717, 1.165) is 32.3 Å². The van der Waals surface area contributed by atoms with Crippen molar-refractivity contribution in [3.05, 3.63) is 33.8 Å². The summed E-state index contributed by atoms with van der Waals surface area (Å²) < 4.78 is 6.42. The van der Waals surface area contributed by atoms with E-state index in [1.54, 1.807) is 7.11 Å². The second kappa shape index (κ2) is 8.28. The Kier molecular flexibility index (Phi) is 6.68. The molecule has 1 saturated carbocycles. The lowest BCUT2D eigenvalue weighted by atomic mass is 10.1. The van der Waals surface area contributed by atoms with Gasteiger partial charge in [0.25, 0.3) is 0 Å². The number of hydrogen-bond donors (Lipinski definition) is 1. The molecule has 2 rings (SSSR count). The lowest BCUT2D eigenvalue weighted by Crippen LogP contribution is -2.33. The van der Waals surface area contributed by atoms with Gasteiger partial charge in [0.1, 0.15) is 0 Å². The van der Waals surface area contributed by atoms with Gasteiger partial charge in [0.05, 0.1) is 6.61 Å². The monoisotopic (exact) mass is 354 g/mol. The van der Waals surface area contributed by atoms with E-state index in [1.807, 2.05) is 0 Å². The molecule has 0 aliphatic heterocycles. The van der Waals surface area contributed by atoms with Crippen LogP contribution in [0.5, 0.6) is 0 Å². The lowest BCUT2D eigenvalue weighted by molar-refractivity contribution is 0.125. The molecule has 1 aliphatic carbocycles. The molecule has 1 N–H and O–H groups in total. The molecule has 0 aromatic heterocycles. The maximum absolute atomic E-state index is 5.21. The van der Waals surface area contributed by atoms with Crippen molar-refractivity contribution >= 4 is 15.9 Å². The van der Waals surface area contributed by atoms with Crippen LogP contribution in [0, 0.1) is 0 Å². The molecule has 118 valence electrons. The highest BCUT2D eigenvalue weighted by Gasteiger charge is 2.20. The van der Waals surface area contributed by atoms with Crippen LogP contribution in [0.15, 0.2) is 22.7 Å². The van der Waals surface area contributed by atoms with Gasteiger partial charge in [0.2, 0.25) is 0 Å². The molecule has 0 spiro atoms. The maximum Gasteiger partial charge on any atom is 0.0589 e. The Morgan fingerprint density at radius 2 is 2.14 bits per heavy atom. The van der Waals surface area contributed by atoms with Gasteiger partial charge in [-0.3, -0.25) is 4.90 Å². The first-order valence-electron chi connectivity index (χ1n) is 7.84. The second-order valence-electron chi connectivity index (χ2n) is 6.14. The molecular formula is C17H27BrN2O. The summed E-state index contributed by atoms with van der Waals surface area (Å²) >= 11 is 3.73. The van der Waals surface area contributed by atoms with Gasteiger partial charge in [-0.15, -0.1) is 0 Å². The molecule has 0 bridgehead atoms. The zero-order valence-electron chi connectivity index (χ0n) is 13.4. The zero-order valence-corrected chi connectivity index (χ0v) is 14.9. The summed E-state index contributed by atoms with van der Waals surface area (Å²) in [6.45, 7) is 8.14. The van der Waals surface area contributed by atoms with E-state index in [4.69, 9.17) is 4.74 Å². The van der Waals surface area contributed by atoms with Crippen LogP contribution in [-0.4, -0.2) is 37.2 Å². The third-order valence-electron chi connectivity index (χ3n) is 3.98. The predicted molar refractivity (Wildman–Crippen MR) is 91.4 cm³/mol. The van der Waals surface area contributed by atoms with Gasteiger partial charge in [-0.2, -0.15) is 0 Å². The molecule has 4 heteroatoms. The first-order chi connectivity index (χ1) is 10.1. The van der Waals surface area contributed by atoms with Gasteiger partial charge >= 0.3 is 0 Å². The van der Waals surface area contributed by atoms with Crippen LogP contribution in [0.25, 0.3) is 0 Å². The summed E-state index contributed by atoms with van der Waals surface area (Å²) in [5.74, 6) is 0. The van der Waals surface area contributed by atoms with Crippen molar-refractivity contribution < 1.29 is 4.74 Å². The molecule has 1 aromatic rings. The van der Waals surface area contributed by atoms with E-state index in [1.165, 1.54) is 28.4 Å². The van der Waals surface area contributed by atoms with Crippen molar-refractivity contribution in [3.63, 3.8) is 0 Å². The smallest absolute Gasteiger partial charge is 0.0589 e. The molecule has 0 heterocycles. The average Bonchev–Trinajstić information content (AvgIpc) is 3.27. The Morgan fingerprint density at radius 3 is 2.71 bits per heavy atom. The predicted octanol–water partition coefficient (Wildman–Crippen LogP) is 3.56. The molecule has 21 heavy (non-hydrogen) atoms. The number of rotatable bonds is 9. The number of nitrogens with zero attached hydrogens (tertiary/aromatic N) is 1. The Bertz CT molecular complexity index is 446. The minimum atomic E-state index is 0.517. The number of benzene rings is 1. The molecule has 0 unspecified atom stereocenters. The summed E-state index contributed by atoms with van der Waals surface area (Å²) in [5.41, 5.74) is 2.69. The zero-order chi connectivity index (χ0) is 15.2. The topological polar surface area (TPSA) is 24.5 Å². The van der Waals surface area contributed by atoms with E-state index >= 15 is 0 Å². The van der Waals surface area contributed by atoms with E-state index in [-0.39, 0.29) is 0 Å². The van der Waals surface area contributed by atoms with E-state index in [2.05, 4.69) is 58.2 Å². The van der Waals surface area contributed by atoms with Crippen molar-refractivity contribution in [2.24, 2.45) is 0 Å². The highest BCUT2D eigenvalue weighted by Crippen LogP contribution is 2.23. The second-order valence-corrected chi connectivity index (χ2v) is 6.99. The molecule has 0 saturated heterocycles. The third-order valence-corrected chi connectivity index (χ3v) is 4.71. The fraction of sp³-hybridized carbons (Fsp3) is 0.647. The Balaban J connectivity index is 1.94. The van der Waals surface area contributed by atoms with Crippen LogP contribution < -0.4 is 5.32 Å². The summed E-state index contributed by atoms with van der Waals surface area (Å²) in [6, 6.07) is 8.01. The Labute approximate surface area is 137 Å². The van der Waals surface area contributed by atoms with E-state index in [0.29, 0.717) is 6.04 Å². The lowest BCUT2D eigenvalue weighted by Gasteiger charge is -2.26. The molecule has 0 atom stereocenters. The highest BCUT2D eigenvalue weighted by atomic mass is 79.9. The number of halogens is 1. The fourth-order valence-electron chi connectivity index (χ4n) is 2.33. The van der Waals surface area contributed by atoms with Gasteiger partial charge in [0, 0.05) is 43.3 Å². The van der Waals surface area contributed by atoms with Gasteiger partial charge in [0.15, 0.2) is 0 Å². The molecule has 1 aliphatic rings. The van der Waals surface area contributed by atoms with E-state index < -0.39 is 0 Å². The third kappa shape index (κ3) is 5.70. The molecule has 0 radical (unpaired) electrons. The largest absolute Gasteiger partial charge is 0.383 e. The van der Waals surface area contributed by atoms with Crippen molar-refractivity contribution in [1.29, 1.82) is 0 Å². The summed E-state index contributed by atoms with van der Waals surface area (Å²) in [4.78, 5) is 2.44. The van der Waals surface area contributed by atoms with Gasteiger partial charge in [-0.1, -0.05) is 28.1 Å². The first-order valence-corrected chi connectivity index (χ1v) is 8.63. The standard InChI is InChI=1S/C17H27BrN2O/c1-13(2)20(8-9-21-3)12-15-5-4-14(10-17(15)18)11-19-16-6-7-16/h4-5,10,13,16,19H,6-9,11-12H2,1-3H3. The maximum atomic E-state index is 5.21. The van der Waals surface area contributed by atoms with Crippen LogP contribution in [0.2, 0.25) is 0 Å². The number of hydrogen-bond acceptors (Lipinski definition) is 3. The van der Waals surface area contributed by atoms with Crippen LogP contribution in [0.3, 0.4) is 0 Å². The van der Waals surface area contributed by atoms with Gasteiger partial charge < -0.3 is 10.1 Å². The number of ether oxygens (including phenoxy) is 1. The van der Waals surface area contributed by atoms with Crippen molar-refractivity contribution in [1.82, 2.24) is 10.2 Å². The number of nitrogens with one attached hydrogen (secondary N) is 1. The quantitative estimate of drug-likeness (QED) is 0.733. The molecule has 3 nitrogen and oxygen atoms in total. The molecule has 0 amide bonds. The van der Waals surface area contributed by atoms with Gasteiger partial charge in [-0.25, -0.2) is 0 Å². The summed E-state index contributed by atoms with van der Waals surface area (Å²) in [7, 11) is 1.76. The van der Waals surface area contributed by atoms with Crippen LogP contribution in [-0.2, 0) is 17.8 Å². The normalized spacial score (nSPS) is 15.1. The minimum absolute atomic E-state index is 0.517. The van der Waals surface area contributed by atoms with Gasteiger partial charge in [-0.05, 0) is 43.9 Å². The van der Waals surface area contributed by atoms with Crippen LogP contribution in [0.4, 0.5) is 0 Å². The fourth-order valence-corrected chi connectivity index (χ4v) is 2.88. The first kappa shape index (κ1) is 16.9. The van der Waals surface area contributed by atoms with Crippen molar-refractivity contribution in [2.45, 2.75) is 51.9 Å². The van der Waals surface area contributed by atoms with Crippen molar-refractivity contribution in [2.75, 3.05) is 20.3 Å². The molecule has 1 fully saturated rings. The SMILES string of the molecule is COCCN(Cc1ccc(CNC2CC2)cc1Br)C(C)C. The number of methoxy groups -OCH3 is 1. The molecule has 1 aromatic carbocycles. The average molecular weight is 355 g/mol. The van der Waals surface area contributed by atoms with E-state index in [9.17, 15) is 0 Å². The summed E-state index contributed by atoms with van der Waals surface area (Å²) in [5, 5.41) is 3.56. The summed E-state index contributed by atoms with van der Waals surface area (Å²) in [6.07, 6.45) is 2.67. The minimum Gasteiger partial charge on any atom is -0.383 e. The van der Waals surface area contributed by atoms with Crippen LogP contribution in [0.1, 0.15) is 37.8 Å². The molecular weight excluding hydrogens is 328 g/mol. The van der Waals surface area contributed by atoms with Crippen molar-refractivity contribution in [3.8, 4) is 0 Å². The Morgan fingerprint density at radius 1 is 1.38 bits per heavy atom.